The number of rotatable bonds is 5. The van der Waals surface area contributed by atoms with E-state index in [1.807, 2.05) is 6.92 Å². The van der Waals surface area contributed by atoms with Gasteiger partial charge in [0.2, 0.25) is 0 Å². The maximum atomic E-state index is 12.3. The van der Waals surface area contributed by atoms with Gasteiger partial charge in [0.15, 0.2) is 9.84 Å². The molecule has 0 radical (unpaired) electrons. The van der Waals surface area contributed by atoms with E-state index in [-0.39, 0.29) is 28.0 Å². The highest BCUT2D eigenvalue weighted by Gasteiger charge is 2.20. The molecule has 1 atom stereocenters. The lowest BCUT2D eigenvalue weighted by molar-refractivity contribution is 0.0930. The van der Waals surface area contributed by atoms with Gasteiger partial charge in [0, 0.05) is 6.26 Å². The van der Waals surface area contributed by atoms with Gasteiger partial charge in [-0.05, 0) is 36.2 Å². The van der Waals surface area contributed by atoms with Crippen molar-refractivity contribution in [1.29, 1.82) is 0 Å². The van der Waals surface area contributed by atoms with E-state index in [4.69, 9.17) is 0 Å². The molecule has 6 nitrogen and oxygen atoms in total. The van der Waals surface area contributed by atoms with Gasteiger partial charge in [-0.1, -0.05) is 25.1 Å². The number of hydrogen-bond donors (Lipinski definition) is 3. The number of hydrogen-bond acceptors (Lipinski definition) is 5. The molecule has 0 aliphatic heterocycles. The summed E-state index contributed by atoms with van der Waals surface area (Å²) in [7, 11) is -3.28. The van der Waals surface area contributed by atoms with Crippen molar-refractivity contribution in [2.24, 2.45) is 0 Å². The van der Waals surface area contributed by atoms with Crippen LogP contribution in [0.15, 0.2) is 47.4 Å². The SMILES string of the molecule is CC[C@@H](NC(=O)c1c(O)cccc1O)c1ccc(S(C)(=O)=O)cc1. The molecule has 0 heterocycles. The van der Waals surface area contributed by atoms with E-state index < -0.39 is 15.7 Å². The third-order valence-corrected chi connectivity index (χ3v) is 4.80. The Bertz CT molecular complexity index is 824. The van der Waals surface area contributed by atoms with Gasteiger partial charge >= 0.3 is 0 Å². The highest BCUT2D eigenvalue weighted by Crippen LogP contribution is 2.27. The molecule has 3 N–H and O–H groups in total. The minimum Gasteiger partial charge on any atom is -0.507 e. The standard InChI is InChI=1S/C17H19NO5S/c1-3-13(11-7-9-12(10-8-11)24(2,22)23)18-17(21)16-14(19)5-4-6-15(16)20/h4-10,13,19-20H,3H2,1-2H3,(H,18,21)/t13-/m1/s1. The minimum atomic E-state index is -3.28. The zero-order valence-electron chi connectivity index (χ0n) is 13.4. The van der Waals surface area contributed by atoms with Crippen LogP contribution in [0.3, 0.4) is 0 Å². The van der Waals surface area contributed by atoms with Gasteiger partial charge in [0.25, 0.3) is 5.91 Å². The lowest BCUT2D eigenvalue weighted by Gasteiger charge is -2.18. The summed E-state index contributed by atoms with van der Waals surface area (Å²) >= 11 is 0. The zero-order chi connectivity index (χ0) is 17.9. The monoisotopic (exact) mass is 349 g/mol. The van der Waals surface area contributed by atoms with Crippen LogP contribution in [-0.2, 0) is 9.84 Å². The van der Waals surface area contributed by atoms with Crippen LogP contribution in [0, 0.1) is 0 Å². The number of benzene rings is 2. The molecule has 0 saturated heterocycles. The van der Waals surface area contributed by atoms with Gasteiger partial charge in [0.05, 0.1) is 10.9 Å². The van der Waals surface area contributed by atoms with E-state index in [2.05, 4.69) is 5.32 Å². The van der Waals surface area contributed by atoms with Crippen LogP contribution < -0.4 is 5.32 Å². The van der Waals surface area contributed by atoms with E-state index in [0.717, 1.165) is 11.8 Å². The van der Waals surface area contributed by atoms with Gasteiger partial charge in [0.1, 0.15) is 17.1 Å². The van der Waals surface area contributed by atoms with Crippen molar-refractivity contribution in [3.05, 3.63) is 53.6 Å². The van der Waals surface area contributed by atoms with Crippen molar-refractivity contribution >= 4 is 15.7 Å². The van der Waals surface area contributed by atoms with Gasteiger partial charge in [-0.3, -0.25) is 4.79 Å². The van der Waals surface area contributed by atoms with Crippen molar-refractivity contribution in [1.82, 2.24) is 5.32 Å². The molecule has 0 spiro atoms. The fourth-order valence-corrected chi connectivity index (χ4v) is 2.99. The second-order valence-corrected chi connectivity index (χ2v) is 7.46. The van der Waals surface area contributed by atoms with Gasteiger partial charge < -0.3 is 15.5 Å². The summed E-state index contributed by atoms with van der Waals surface area (Å²) in [5.74, 6) is -1.23. The molecule has 2 aromatic carbocycles. The van der Waals surface area contributed by atoms with Crippen LogP contribution in [-0.4, -0.2) is 30.8 Å². The van der Waals surface area contributed by atoms with Crippen LogP contribution in [0.5, 0.6) is 11.5 Å². The fourth-order valence-electron chi connectivity index (χ4n) is 2.36. The molecule has 128 valence electrons. The molecule has 0 bridgehead atoms. The van der Waals surface area contributed by atoms with Gasteiger partial charge in [-0.25, -0.2) is 8.42 Å². The molecule has 24 heavy (non-hydrogen) atoms. The molecule has 0 aliphatic rings. The summed E-state index contributed by atoms with van der Waals surface area (Å²) in [4.78, 5) is 12.5. The summed E-state index contributed by atoms with van der Waals surface area (Å²) in [5.41, 5.74) is 0.539. The Morgan fingerprint density at radius 3 is 2.08 bits per heavy atom. The third-order valence-electron chi connectivity index (χ3n) is 3.67. The molecule has 2 aromatic rings. The number of carbonyl (C=O) groups is 1. The summed E-state index contributed by atoms with van der Waals surface area (Å²) in [6, 6.07) is 9.92. The Kier molecular flexibility index (Phi) is 5.14. The van der Waals surface area contributed by atoms with Crippen LogP contribution in [0.4, 0.5) is 0 Å². The molecule has 0 aromatic heterocycles. The summed E-state index contributed by atoms with van der Waals surface area (Å²) in [6.45, 7) is 1.86. The molecule has 7 heteroatoms. The second kappa shape index (κ2) is 6.92. The smallest absolute Gasteiger partial charge is 0.259 e. The minimum absolute atomic E-state index is 0.191. The van der Waals surface area contributed by atoms with Crippen LogP contribution in [0.25, 0.3) is 0 Å². The predicted octanol–water partition coefficient (Wildman–Crippen LogP) is 2.38. The van der Waals surface area contributed by atoms with E-state index >= 15 is 0 Å². The summed E-state index contributed by atoms with van der Waals surface area (Å²) < 4.78 is 23.0. The normalized spacial score (nSPS) is 12.6. The first-order valence-electron chi connectivity index (χ1n) is 7.36. The van der Waals surface area contributed by atoms with E-state index in [0.29, 0.717) is 6.42 Å². The lowest BCUT2D eigenvalue weighted by atomic mass is 10.0. The number of phenolic OH excluding ortho intramolecular Hbond substituents is 2. The number of amides is 1. The fraction of sp³-hybridized carbons (Fsp3) is 0.235. The molecular formula is C17H19NO5S. The first-order valence-corrected chi connectivity index (χ1v) is 9.25. The van der Waals surface area contributed by atoms with Crippen LogP contribution in [0.1, 0.15) is 35.3 Å². The Balaban J connectivity index is 2.25. The summed E-state index contributed by atoms with van der Waals surface area (Å²) in [6.07, 6.45) is 1.68. The molecule has 0 aliphatic carbocycles. The van der Waals surface area contributed by atoms with Crippen molar-refractivity contribution < 1.29 is 23.4 Å². The number of carbonyl (C=O) groups excluding carboxylic acids is 1. The quantitative estimate of drug-likeness (QED) is 0.769. The lowest BCUT2D eigenvalue weighted by Crippen LogP contribution is -2.28. The average molecular weight is 349 g/mol. The third kappa shape index (κ3) is 3.86. The van der Waals surface area contributed by atoms with Crippen LogP contribution in [0.2, 0.25) is 0 Å². The molecule has 0 saturated carbocycles. The number of nitrogens with one attached hydrogen (secondary N) is 1. The summed E-state index contributed by atoms with van der Waals surface area (Å²) in [5, 5.41) is 22.2. The van der Waals surface area contributed by atoms with Gasteiger partial charge in [-0.2, -0.15) is 0 Å². The van der Waals surface area contributed by atoms with Crippen molar-refractivity contribution in [3.63, 3.8) is 0 Å². The highest BCUT2D eigenvalue weighted by molar-refractivity contribution is 7.90. The Labute approximate surface area is 140 Å². The topological polar surface area (TPSA) is 104 Å². The van der Waals surface area contributed by atoms with Crippen molar-refractivity contribution in [3.8, 4) is 11.5 Å². The average Bonchev–Trinajstić information content (AvgIpc) is 2.51. The zero-order valence-corrected chi connectivity index (χ0v) is 14.2. The number of sulfone groups is 1. The second-order valence-electron chi connectivity index (χ2n) is 5.45. The highest BCUT2D eigenvalue weighted by atomic mass is 32.2. The maximum absolute atomic E-state index is 12.3. The molecule has 0 fully saturated rings. The largest absolute Gasteiger partial charge is 0.507 e. The number of aromatic hydroxyl groups is 2. The van der Waals surface area contributed by atoms with Gasteiger partial charge in [-0.15, -0.1) is 0 Å². The van der Waals surface area contributed by atoms with E-state index in [1.54, 1.807) is 12.1 Å². The van der Waals surface area contributed by atoms with Crippen LogP contribution >= 0.6 is 0 Å². The van der Waals surface area contributed by atoms with Crippen molar-refractivity contribution in [2.45, 2.75) is 24.3 Å². The first kappa shape index (κ1) is 17.8. The van der Waals surface area contributed by atoms with Crippen molar-refractivity contribution in [2.75, 3.05) is 6.26 Å². The molecule has 0 unspecified atom stereocenters. The van der Waals surface area contributed by atoms with E-state index in [1.165, 1.54) is 30.3 Å². The Morgan fingerprint density at radius 2 is 1.62 bits per heavy atom. The van der Waals surface area contributed by atoms with E-state index in [9.17, 15) is 23.4 Å². The first-order chi connectivity index (χ1) is 11.2. The molecular weight excluding hydrogens is 330 g/mol. The number of phenols is 2. The molecule has 1 amide bonds. The predicted molar refractivity (Wildman–Crippen MR) is 89.8 cm³/mol. The Hall–Kier alpha value is -2.54. The Morgan fingerprint density at radius 1 is 1.08 bits per heavy atom. The molecule has 2 rings (SSSR count). The maximum Gasteiger partial charge on any atom is 0.259 e.